The SMILES string of the molecule is CC(C)C(NCCC1CCCO1)C1CC1. The van der Waals surface area contributed by atoms with E-state index in [1.165, 1.54) is 32.1 Å². The third-order valence-corrected chi connectivity index (χ3v) is 3.72. The van der Waals surface area contributed by atoms with Crippen LogP contribution in [0, 0.1) is 11.8 Å². The van der Waals surface area contributed by atoms with Crippen LogP contribution in [0.2, 0.25) is 0 Å². The van der Waals surface area contributed by atoms with Gasteiger partial charge in [-0.05, 0) is 50.5 Å². The molecule has 1 saturated carbocycles. The Morgan fingerprint density at radius 2 is 2.07 bits per heavy atom. The van der Waals surface area contributed by atoms with Crippen molar-refractivity contribution in [3.63, 3.8) is 0 Å². The average Bonchev–Trinajstić information content (AvgIpc) is 2.89. The minimum Gasteiger partial charge on any atom is -0.378 e. The molecule has 2 aliphatic rings. The lowest BCUT2D eigenvalue weighted by atomic mass is 9.99. The van der Waals surface area contributed by atoms with E-state index in [-0.39, 0.29) is 0 Å². The fourth-order valence-corrected chi connectivity index (χ4v) is 2.69. The number of rotatable bonds is 6. The minimum absolute atomic E-state index is 0.546. The lowest BCUT2D eigenvalue weighted by Crippen LogP contribution is -2.37. The molecule has 1 aliphatic heterocycles. The molecular formula is C13H25NO. The molecule has 88 valence electrons. The average molecular weight is 211 g/mol. The van der Waals surface area contributed by atoms with Gasteiger partial charge in [-0.3, -0.25) is 0 Å². The molecule has 0 amide bonds. The second-order valence-corrected chi connectivity index (χ2v) is 5.49. The molecule has 2 atom stereocenters. The number of ether oxygens (including phenoxy) is 1. The third-order valence-electron chi connectivity index (χ3n) is 3.72. The van der Waals surface area contributed by atoms with E-state index >= 15 is 0 Å². The fourth-order valence-electron chi connectivity index (χ4n) is 2.69. The summed E-state index contributed by atoms with van der Waals surface area (Å²) in [5.41, 5.74) is 0. The van der Waals surface area contributed by atoms with Crippen molar-refractivity contribution in [1.29, 1.82) is 0 Å². The van der Waals surface area contributed by atoms with Crippen LogP contribution >= 0.6 is 0 Å². The lowest BCUT2D eigenvalue weighted by Gasteiger charge is -2.23. The van der Waals surface area contributed by atoms with E-state index in [0.717, 1.165) is 31.0 Å². The Morgan fingerprint density at radius 3 is 2.60 bits per heavy atom. The van der Waals surface area contributed by atoms with Crippen molar-refractivity contribution in [1.82, 2.24) is 5.32 Å². The summed E-state index contributed by atoms with van der Waals surface area (Å²) in [5, 5.41) is 3.73. The van der Waals surface area contributed by atoms with Crippen molar-refractivity contribution in [2.75, 3.05) is 13.2 Å². The Balaban J connectivity index is 1.62. The summed E-state index contributed by atoms with van der Waals surface area (Å²) in [6.45, 7) is 6.80. The van der Waals surface area contributed by atoms with Crippen LogP contribution in [0.25, 0.3) is 0 Å². The molecular weight excluding hydrogens is 186 g/mol. The van der Waals surface area contributed by atoms with Gasteiger partial charge < -0.3 is 10.1 Å². The molecule has 2 rings (SSSR count). The summed E-state index contributed by atoms with van der Waals surface area (Å²) in [6, 6.07) is 0.756. The van der Waals surface area contributed by atoms with Gasteiger partial charge in [0.1, 0.15) is 0 Å². The second-order valence-electron chi connectivity index (χ2n) is 5.49. The highest BCUT2D eigenvalue weighted by Gasteiger charge is 2.32. The molecule has 2 nitrogen and oxygen atoms in total. The van der Waals surface area contributed by atoms with Gasteiger partial charge in [-0.2, -0.15) is 0 Å². The molecule has 1 N–H and O–H groups in total. The molecule has 2 unspecified atom stereocenters. The molecule has 1 saturated heterocycles. The Hall–Kier alpha value is -0.0800. The van der Waals surface area contributed by atoms with Crippen molar-refractivity contribution in [3.05, 3.63) is 0 Å². The van der Waals surface area contributed by atoms with Gasteiger partial charge in [0, 0.05) is 12.6 Å². The highest BCUT2D eigenvalue weighted by molar-refractivity contribution is 4.88. The molecule has 1 heterocycles. The Morgan fingerprint density at radius 1 is 1.27 bits per heavy atom. The highest BCUT2D eigenvalue weighted by atomic mass is 16.5. The maximum Gasteiger partial charge on any atom is 0.0588 e. The second kappa shape index (κ2) is 5.31. The topological polar surface area (TPSA) is 21.3 Å². The lowest BCUT2D eigenvalue weighted by molar-refractivity contribution is 0.102. The normalized spacial score (nSPS) is 28.6. The number of nitrogens with one attached hydrogen (secondary N) is 1. The van der Waals surface area contributed by atoms with E-state index < -0.39 is 0 Å². The Bertz CT molecular complexity index is 181. The van der Waals surface area contributed by atoms with Gasteiger partial charge >= 0.3 is 0 Å². The summed E-state index contributed by atoms with van der Waals surface area (Å²) >= 11 is 0. The van der Waals surface area contributed by atoms with Crippen LogP contribution in [0.4, 0.5) is 0 Å². The standard InChI is InChI=1S/C13H25NO/c1-10(2)13(11-5-6-11)14-8-7-12-4-3-9-15-12/h10-14H,3-9H2,1-2H3. The van der Waals surface area contributed by atoms with E-state index in [9.17, 15) is 0 Å². The maximum atomic E-state index is 5.63. The third kappa shape index (κ3) is 3.46. The molecule has 2 heteroatoms. The zero-order valence-electron chi connectivity index (χ0n) is 10.2. The van der Waals surface area contributed by atoms with Gasteiger partial charge in [0.2, 0.25) is 0 Å². The van der Waals surface area contributed by atoms with Crippen LogP contribution in [-0.2, 0) is 4.74 Å². The predicted molar refractivity (Wildman–Crippen MR) is 62.9 cm³/mol. The van der Waals surface area contributed by atoms with Crippen LogP contribution in [0.3, 0.4) is 0 Å². The van der Waals surface area contributed by atoms with Crippen LogP contribution < -0.4 is 5.32 Å². The van der Waals surface area contributed by atoms with E-state index in [0.29, 0.717) is 6.10 Å². The van der Waals surface area contributed by atoms with Crippen molar-refractivity contribution < 1.29 is 4.74 Å². The summed E-state index contributed by atoms with van der Waals surface area (Å²) < 4.78 is 5.63. The molecule has 15 heavy (non-hydrogen) atoms. The van der Waals surface area contributed by atoms with E-state index in [2.05, 4.69) is 19.2 Å². The van der Waals surface area contributed by atoms with Gasteiger partial charge in [-0.1, -0.05) is 13.8 Å². The number of hydrogen-bond acceptors (Lipinski definition) is 2. The maximum absolute atomic E-state index is 5.63. The van der Waals surface area contributed by atoms with Gasteiger partial charge in [0.25, 0.3) is 0 Å². The van der Waals surface area contributed by atoms with Crippen molar-refractivity contribution >= 4 is 0 Å². The highest BCUT2D eigenvalue weighted by Crippen LogP contribution is 2.35. The molecule has 0 bridgehead atoms. The zero-order chi connectivity index (χ0) is 10.7. The Labute approximate surface area is 93.8 Å². The largest absolute Gasteiger partial charge is 0.378 e. The van der Waals surface area contributed by atoms with Crippen LogP contribution in [-0.4, -0.2) is 25.3 Å². The van der Waals surface area contributed by atoms with Crippen LogP contribution in [0.5, 0.6) is 0 Å². The molecule has 1 aliphatic carbocycles. The summed E-state index contributed by atoms with van der Waals surface area (Å²) in [5.74, 6) is 1.75. The van der Waals surface area contributed by atoms with E-state index in [4.69, 9.17) is 4.74 Å². The molecule has 0 aromatic carbocycles. The first kappa shape index (κ1) is 11.4. The van der Waals surface area contributed by atoms with Crippen LogP contribution in [0.1, 0.15) is 46.0 Å². The first-order valence-corrected chi connectivity index (χ1v) is 6.62. The zero-order valence-corrected chi connectivity index (χ0v) is 10.2. The molecule has 0 spiro atoms. The van der Waals surface area contributed by atoms with E-state index in [1.54, 1.807) is 0 Å². The number of hydrogen-bond donors (Lipinski definition) is 1. The molecule has 0 aromatic heterocycles. The molecule has 2 fully saturated rings. The van der Waals surface area contributed by atoms with Crippen molar-refractivity contribution in [3.8, 4) is 0 Å². The van der Waals surface area contributed by atoms with Crippen molar-refractivity contribution in [2.24, 2.45) is 11.8 Å². The van der Waals surface area contributed by atoms with Gasteiger partial charge in [0.15, 0.2) is 0 Å². The van der Waals surface area contributed by atoms with Crippen molar-refractivity contribution in [2.45, 2.75) is 58.1 Å². The van der Waals surface area contributed by atoms with Gasteiger partial charge in [-0.25, -0.2) is 0 Å². The van der Waals surface area contributed by atoms with Gasteiger partial charge in [0.05, 0.1) is 6.10 Å². The smallest absolute Gasteiger partial charge is 0.0588 e. The summed E-state index contributed by atoms with van der Waals surface area (Å²) in [6.07, 6.45) is 7.17. The summed E-state index contributed by atoms with van der Waals surface area (Å²) in [7, 11) is 0. The van der Waals surface area contributed by atoms with Gasteiger partial charge in [-0.15, -0.1) is 0 Å². The first-order valence-electron chi connectivity index (χ1n) is 6.62. The molecule has 0 aromatic rings. The van der Waals surface area contributed by atoms with Crippen LogP contribution in [0.15, 0.2) is 0 Å². The Kier molecular flexibility index (Phi) is 4.04. The monoisotopic (exact) mass is 211 g/mol. The van der Waals surface area contributed by atoms with E-state index in [1.807, 2.05) is 0 Å². The first-order chi connectivity index (χ1) is 7.27. The summed E-state index contributed by atoms with van der Waals surface area (Å²) in [4.78, 5) is 0. The fraction of sp³-hybridized carbons (Fsp3) is 1.00. The minimum atomic E-state index is 0.546. The quantitative estimate of drug-likeness (QED) is 0.729. The molecule has 0 radical (unpaired) electrons. The predicted octanol–water partition coefficient (Wildman–Crippen LogP) is 2.58.